The van der Waals surface area contributed by atoms with Crippen LogP contribution in [0.25, 0.3) is 0 Å². The highest BCUT2D eigenvalue weighted by Crippen LogP contribution is 2.20. The number of nitrogens with zero attached hydrogens (tertiary/aromatic N) is 2. The smallest absolute Gasteiger partial charge is 0.179 e. The standard InChI is InChI=1S/C13H21N3O2S/c1-16-9-4-3-6-11(16)10-15-13-12(19(2,17)18)7-5-8-14-13/h5,7-8,11H,3-4,6,9-10H2,1-2H3,(H,14,15). The van der Waals surface area contributed by atoms with Crippen LogP contribution in [-0.4, -0.2) is 50.7 Å². The zero-order valence-corrected chi connectivity index (χ0v) is 12.3. The van der Waals surface area contributed by atoms with E-state index >= 15 is 0 Å². The first kappa shape index (κ1) is 14.3. The van der Waals surface area contributed by atoms with Gasteiger partial charge in [-0.05, 0) is 38.6 Å². The third kappa shape index (κ3) is 3.67. The van der Waals surface area contributed by atoms with Crippen molar-refractivity contribution < 1.29 is 8.42 Å². The second kappa shape index (κ2) is 5.88. The number of rotatable bonds is 4. The number of piperidine rings is 1. The van der Waals surface area contributed by atoms with Crippen LogP contribution < -0.4 is 5.32 Å². The van der Waals surface area contributed by atoms with Gasteiger partial charge in [0.25, 0.3) is 0 Å². The lowest BCUT2D eigenvalue weighted by Crippen LogP contribution is -2.41. The summed E-state index contributed by atoms with van der Waals surface area (Å²) in [7, 11) is -1.13. The molecule has 0 bridgehead atoms. The molecule has 0 spiro atoms. The van der Waals surface area contributed by atoms with E-state index in [0.29, 0.717) is 11.9 Å². The van der Waals surface area contributed by atoms with Crippen LogP contribution in [0.1, 0.15) is 19.3 Å². The predicted octanol–water partition coefficient (Wildman–Crippen LogP) is 1.38. The summed E-state index contributed by atoms with van der Waals surface area (Å²) in [5.74, 6) is 0.462. The Morgan fingerprint density at radius 1 is 1.47 bits per heavy atom. The molecule has 1 unspecified atom stereocenters. The zero-order chi connectivity index (χ0) is 13.9. The van der Waals surface area contributed by atoms with E-state index in [2.05, 4.69) is 22.2 Å². The molecule has 19 heavy (non-hydrogen) atoms. The van der Waals surface area contributed by atoms with Gasteiger partial charge >= 0.3 is 0 Å². The molecule has 1 atom stereocenters. The van der Waals surface area contributed by atoms with Crippen molar-refractivity contribution >= 4 is 15.7 Å². The maximum atomic E-state index is 11.7. The molecule has 1 aliphatic rings. The number of nitrogens with one attached hydrogen (secondary N) is 1. The summed E-state index contributed by atoms with van der Waals surface area (Å²) in [6, 6.07) is 3.69. The second-order valence-corrected chi connectivity index (χ2v) is 7.12. The normalized spacial score (nSPS) is 21.3. The molecule has 1 aromatic heterocycles. The molecular formula is C13H21N3O2S. The molecule has 0 aromatic carbocycles. The van der Waals surface area contributed by atoms with Gasteiger partial charge in [-0.15, -0.1) is 0 Å². The van der Waals surface area contributed by atoms with E-state index in [0.717, 1.165) is 19.5 Å². The van der Waals surface area contributed by atoms with E-state index in [1.807, 2.05) is 0 Å². The van der Waals surface area contributed by atoms with E-state index in [4.69, 9.17) is 0 Å². The minimum Gasteiger partial charge on any atom is -0.367 e. The molecule has 0 radical (unpaired) electrons. The van der Waals surface area contributed by atoms with Crippen molar-refractivity contribution in [1.29, 1.82) is 0 Å². The highest BCUT2D eigenvalue weighted by molar-refractivity contribution is 7.90. The molecule has 1 N–H and O–H groups in total. The van der Waals surface area contributed by atoms with E-state index < -0.39 is 9.84 Å². The van der Waals surface area contributed by atoms with Crippen molar-refractivity contribution in [3.05, 3.63) is 18.3 Å². The Hall–Kier alpha value is -1.14. The molecule has 1 aliphatic heterocycles. The van der Waals surface area contributed by atoms with Crippen molar-refractivity contribution in [3.8, 4) is 0 Å². The number of aromatic nitrogens is 1. The Morgan fingerprint density at radius 3 is 2.95 bits per heavy atom. The molecule has 2 heterocycles. The lowest BCUT2D eigenvalue weighted by Gasteiger charge is -2.32. The van der Waals surface area contributed by atoms with Crippen molar-refractivity contribution in [3.63, 3.8) is 0 Å². The Balaban J connectivity index is 2.07. The lowest BCUT2D eigenvalue weighted by molar-refractivity contribution is 0.194. The highest BCUT2D eigenvalue weighted by Gasteiger charge is 2.20. The number of likely N-dealkylation sites (N-methyl/N-ethyl adjacent to an activating group) is 1. The third-order valence-corrected chi connectivity index (χ3v) is 4.73. The molecule has 1 saturated heterocycles. The van der Waals surface area contributed by atoms with Crippen LogP contribution in [0.3, 0.4) is 0 Å². The average Bonchev–Trinajstić information content (AvgIpc) is 2.37. The predicted molar refractivity (Wildman–Crippen MR) is 76.1 cm³/mol. The number of anilines is 1. The molecule has 106 valence electrons. The molecule has 6 heteroatoms. The number of likely N-dealkylation sites (tertiary alicyclic amines) is 1. The van der Waals surface area contributed by atoms with Crippen molar-refractivity contribution in [2.24, 2.45) is 0 Å². The van der Waals surface area contributed by atoms with Crippen LogP contribution in [0.5, 0.6) is 0 Å². The van der Waals surface area contributed by atoms with Crippen LogP contribution >= 0.6 is 0 Å². The summed E-state index contributed by atoms with van der Waals surface area (Å²) in [4.78, 5) is 6.74. The fourth-order valence-corrected chi connectivity index (χ4v) is 3.24. The van der Waals surface area contributed by atoms with Gasteiger partial charge in [0.05, 0.1) is 0 Å². The summed E-state index contributed by atoms with van der Waals surface area (Å²) >= 11 is 0. The van der Waals surface area contributed by atoms with Gasteiger partial charge in [-0.2, -0.15) is 0 Å². The van der Waals surface area contributed by atoms with Crippen LogP contribution in [0.2, 0.25) is 0 Å². The number of sulfone groups is 1. The molecule has 0 saturated carbocycles. The molecule has 0 amide bonds. The largest absolute Gasteiger partial charge is 0.367 e. The third-order valence-electron chi connectivity index (χ3n) is 3.60. The van der Waals surface area contributed by atoms with Gasteiger partial charge in [0.1, 0.15) is 10.7 Å². The molecule has 0 aliphatic carbocycles. The fourth-order valence-electron chi connectivity index (χ4n) is 2.44. The van der Waals surface area contributed by atoms with Gasteiger partial charge in [0.2, 0.25) is 0 Å². The molecule has 1 aromatic rings. The van der Waals surface area contributed by atoms with Crippen LogP contribution in [0.4, 0.5) is 5.82 Å². The van der Waals surface area contributed by atoms with Gasteiger partial charge in [0.15, 0.2) is 9.84 Å². The number of hydrogen-bond donors (Lipinski definition) is 1. The van der Waals surface area contributed by atoms with Gasteiger partial charge in [0, 0.05) is 25.0 Å². The maximum absolute atomic E-state index is 11.7. The van der Waals surface area contributed by atoms with Gasteiger partial charge in [-0.25, -0.2) is 13.4 Å². The van der Waals surface area contributed by atoms with Crippen LogP contribution in [0.15, 0.2) is 23.2 Å². The molecule has 2 rings (SSSR count). The Morgan fingerprint density at radius 2 is 2.26 bits per heavy atom. The summed E-state index contributed by atoms with van der Waals surface area (Å²) in [6.07, 6.45) is 6.44. The van der Waals surface area contributed by atoms with Gasteiger partial charge < -0.3 is 10.2 Å². The zero-order valence-electron chi connectivity index (χ0n) is 11.5. The van der Waals surface area contributed by atoms with E-state index in [-0.39, 0.29) is 4.90 Å². The van der Waals surface area contributed by atoms with Crippen molar-refractivity contribution in [1.82, 2.24) is 9.88 Å². The van der Waals surface area contributed by atoms with E-state index in [1.165, 1.54) is 19.1 Å². The number of hydrogen-bond acceptors (Lipinski definition) is 5. The summed E-state index contributed by atoms with van der Waals surface area (Å²) in [5, 5.41) is 3.19. The maximum Gasteiger partial charge on any atom is 0.179 e. The molecule has 5 nitrogen and oxygen atoms in total. The summed E-state index contributed by atoms with van der Waals surface area (Å²) in [6.45, 7) is 1.84. The Labute approximate surface area is 114 Å². The topological polar surface area (TPSA) is 62.3 Å². The first-order chi connectivity index (χ1) is 8.98. The van der Waals surface area contributed by atoms with Crippen molar-refractivity contribution in [2.45, 2.75) is 30.2 Å². The first-order valence-electron chi connectivity index (χ1n) is 6.57. The highest BCUT2D eigenvalue weighted by atomic mass is 32.2. The fraction of sp³-hybridized carbons (Fsp3) is 0.615. The minimum absolute atomic E-state index is 0.272. The van der Waals surface area contributed by atoms with Crippen LogP contribution in [0, 0.1) is 0 Å². The minimum atomic E-state index is -3.24. The van der Waals surface area contributed by atoms with Gasteiger partial charge in [-0.3, -0.25) is 0 Å². The lowest BCUT2D eigenvalue weighted by atomic mass is 10.0. The molecule has 1 fully saturated rings. The Kier molecular flexibility index (Phi) is 4.42. The summed E-state index contributed by atoms with van der Waals surface area (Å²) < 4.78 is 23.4. The van der Waals surface area contributed by atoms with Gasteiger partial charge in [-0.1, -0.05) is 6.42 Å². The summed E-state index contributed by atoms with van der Waals surface area (Å²) in [5.41, 5.74) is 0. The van der Waals surface area contributed by atoms with E-state index in [1.54, 1.807) is 18.3 Å². The number of pyridine rings is 1. The monoisotopic (exact) mass is 283 g/mol. The molecular weight excluding hydrogens is 262 g/mol. The van der Waals surface area contributed by atoms with Crippen molar-refractivity contribution in [2.75, 3.05) is 31.7 Å². The first-order valence-corrected chi connectivity index (χ1v) is 8.47. The SMILES string of the molecule is CN1CCCCC1CNc1ncccc1S(C)(=O)=O. The quantitative estimate of drug-likeness (QED) is 0.904. The average molecular weight is 283 g/mol. The van der Waals surface area contributed by atoms with E-state index in [9.17, 15) is 8.42 Å². The Bertz CT molecular complexity index is 530. The van der Waals surface area contributed by atoms with Crippen LogP contribution in [-0.2, 0) is 9.84 Å². The second-order valence-electron chi connectivity index (χ2n) is 5.13.